The lowest BCUT2D eigenvalue weighted by atomic mass is 10.0. The molecule has 3 atom stereocenters. The Labute approximate surface area is 430 Å². The van der Waals surface area contributed by atoms with Crippen molar-refractivity contribution in [3.63, 3.8) is 0 Å². The summed E-state index contributed by atoms with van der Waals surface area (Å²) < 4.78 is 30.2. The number of likely N-dealkylation sites (N-methyl/N-ethyl adjacent to an activating group) is 1. The van der Waals surface area contributed by atoms with Gasteiger partial charge in [0.1, 0.15) is 19.3 Å². The second-order valence-electron chi connectivity index (χ2n) is 19.5. The summed E-state index contributed by atoms with van der Waals surface area (Å²) in [5.74, 6) is -0.615. The van der Waals surface area contributed by atoms with E-state index in [9.17, 15) is 19.0 Å². The first-order valence-corrected chi connectivity index (χ1v) is 29.3. The van der Waals surface area contributed by atoms with Crippen LogP contribution >= 0.6 is 7.82 Å². The molecule has 10 heteroatoms. The molecular formula is C60H103N2O7P. The van der Waals surface area contributed by atoms with E-state index < -0.39 is 26.6 Å². The van der Waals surface area contributed by atoms with E-state index >= 15 is 0 Å². The highest BCUT2D eigenvalue weighted by atomic mass is 31.2. The van der Waals surface area contributed by atoms with Crippen LogP contribution in [0.2, 0.25) is 0 Å². The Balaban J connectivity index is 5.51. The summed E-state index contributed by atoms with van der Waals surface area (Å²) in [6.07, 6.45) is 66.2. The number of carbonyl (C=O) groups is 2. The van der Waals surface area contributed by atoms with Crippen molar-refractivity contribution in [2.75, 3.05) is 40.9 Å². The molecule has 0 fully saturated rings. The zero-order chi connectivity index (χ0) is 51.5. The quantitative estimate of drug-likeness (QED) is 0.0161. The molecule has 70 heavy (non-hydrogen) atoms. The number of carbonyl (C=O) groups excluding carboxylic acids is 2. The molecule has 0 saturated heterocycles. The number of nitrogens with one attached hydrogen (secondary N) is 1. The average Bonchev–Trinajstić information content (AvgIpc) is 3.32. The van der Waals surface area contributed by atoms with E-state index in [2.05, 4.69) is 62.5 Å². The number of quaternary nitrogens is 1. The van der Waals surface area contributed by atoms with Crippen molar-refractivity contribution < 1.29 is 37.3 Å². The number of nitrogens with zero attached hydrogens (tertiary/aromatic N) is 1. The molecule has 0 radical (unpaired) electrons. The number of hydrogen-bond donors (Lipinski definition) is 1. The van der Waals surface area contributed by atoms with E-state index in [4.69, 9.17) is 13.8 Å². The van der Waals surface area contributed by atoms with E-state index in [1.165, 1.54) is 70.6 Å². The van der Waals surface area contributed by atoms with Crippen LogP contribution in [0.3, 0.4) is 0 Å². The Hall–Kier alpha value is -3.33. The Morgan fingerprint density at radius 1 is 0.514 bits per heavy atom. The van der Waals surface area contributed by atoms with E-state index in [0.717, 1.165) is 89.9 Å². The predicted octanol–water partition coefficient (Wildman–Crippen LogP) is 16.0. The molecule has 1 amide bonds. The highest BCUT2D eigenvalue weighted by molar-refractivity contribution is 7.45. The Morgan fingerprint density at radius 2 is 0.914 bits per heavy atom. The molecular weight excluding hydrogens is 892 g/mol. The molecule has 0 aliphatic heterocycles. The zero-order valence-electron chi connectivity index (χ0n) is 45.4. The van der Waals surface area contributed by atoms with Gasteiger partial charge < -0.3 is 28.5 Å². The minimum absolute atomic E-state index is 0.0396. The topological polar surface area (TPSA) is 114 Å². The van der Waals surface area contributed by atoms with E-state index in [-0.39, 0.29) is 31.3 Å². The maximum Gasteiger partial charge on any atom is 0.306 e. The summed E-state index contributed by atoms with van der Waals surface area (Å²) >= 11 is 0. The summed E-state index contributed by atoms with van der Waals surface area (Å²) in [6.45, 7) is 6.59. The van der Waals surface area contributed by atoms with Gasteiger partial charge >= 0.3 is 5.97 Å². The minimum Gasteiger partial charge on any atom is -0.756 e. The molecule has 0 aromatic rings. The summed E-state index contributed by atoms with van der Waals surface area (Å²) in [5.41, 5.74) is 0. The van der Waals surface area contributed by atoms with Gasteiger partial charge in [0.15, 0.2) is 0 Å². The van der Waals surface area contributed by atoms with Crippen molar-refractivity contribution in [2.45, 2.75) is 219 Å². The van der Waals surface area contributed by atoms with Crippen molar-refractivity contribution in [3.8, 4) is 0 Å². The fraction of sp³-hybridized carbons (Fsp3) is 0.667. The third-order valence-corrected chi connectivity index (χ3v) is 12.6. The van der Waals surface area contributed by atoms with E-state index in [1.54, 1.807) is 0 Å². The first-order valence-electron chi connectivity index (χ1n) is 27.8. The molecule has 0 aromatic carbocycles. The third kappa shape index (κ3) is 49.6. The first kappa shape index (κ1) is 66.7. The van der Waals surface area contributed by atoms with Gasteiger partial charge in [-0.3, -0.25) is 14.2 Å². The molecule has 0 heterocycles. The number of rotatable bonds is 48. The van der Waals surface area contributed by atoms with Crippen molar-refractivity contribution in [1.82, 2.24) is 5.32 Å². The summed E-state index contributed by atoms with van der Waals surface area (Å²) in [5, 5.41) is 2.98. The largest absolute Gasteiger partial charge is 0.756 e. The standard InChI is InChI=1S/C60H103N2O7P/c1-7-10-13-16-19-22-25-28-30-31-33-34-37-40-43-46-49-52-59(63)61-57(56-68-70(65,66)67-55-54-62(4,5)6)58(51-48-45-42-39-36-27-24-21-18-15-12-9-3)69-60(64)53-50-47-44-41-38-35-32-29-26-23-20-17-14-11-8-2/h10,13,16,19-20,22-23,25-26,28-31,33-34,37,48,51,57-58H,7-9,11-12,14-15,17-18,21,24,27,32,35-36,38-47,49-50,52-56H2,1-6H3,(H-,61,63,65,66)/b13-10-,19-16+,23-20+,25-22+,29-26+,30-28-,33-31+,37-34+,51-48+. The lowest BCUT2D eigenvalue weighted by Crippen LogP contribution is -2.47. The molecule has 0 aliphatic rings. The Morgan fingerprint density at radius 3 is 1.43 bits per heavy atom. The SMILES string of the molecule is CC\C=C/C=C/C=C/C=C\C=C\C=C\CCCCCC(=O)NC(COP(=O)([O-])OCC[N+](C)(C)C)C(/C=C/CCCCCCCCCCCC)OC(=O)CCCCCCCC/C=C/C=C/CCCCC. The molecule has 0 rings (SSSR count). The number of allylic oxidation sites excluding steroid dienone is 17. The van der Waals surface area contributed by atoms with Crippen LogP contribution in [0.4, 0.5) is 0 Å². The van der Waals surface area contributed by atoms with Gasteiger partial charge in [-0.1, -0.05) is 227 Å². The number of esters is 1. The minimum atomic E-state index is -4.72. The van der Waals surface area contributed by atoms with Crippen molar-refractivity contribution >= 4 is 19.7 Å². The first-order chi connectivity index (χ1) is 33.9. The van der Waals surface area contributed by atoms with E-state index in [0.29, 0.717) is 23.9 Å². The van der Waals surface area contributed by atoms with Crippen LogP contribution in [0.15, 0.2) is 109 Å². The van der Waals surface area contributed by atoms with Gasteiger partial charge in [-0.25, -0.2) is 0 Å². The number of amides is 1. The number of hydrogen-bond acceptors (Lipinski definition) is 7. The van der Waals surface area contributed by atoms with Crippen molar-refractivity contribution in [1.29, 1.82) is 0 Å². The predicted molar refractivity (Wildman–Crippen MR) is 297 cm³/mol. The van der Waals surface area contributed by atoms with Crippen LogP contribution in [0.1, 0.15) is 207 Å². The van der Waals surface area contributed by atoms with Gasteiger partial charge in [0.05, 0.1) is 33.8 Å². The van der Waals surface area contributed by atoms with Crippen LogP contribution in [-0.2, 0) is 27.9 Å². The van der Waals surface area contributed by atoms with Crippen LogP contribution in [-0.4, -0.2) is 69.4 Å². The lowest BCUT2D eigenvalue weighted by molar-refractivity contribution is -0.870. The molecule has 0 saturated carbocycles. The normalized spacial score (nSPS) is 14.7. The van der Waals surface area contributed by atoms with Crippen LogP contribution in [0.5, 0.6) is 0 Å². The lowest BCUT2D eigenvalue weighted by Gasteiger charge is -2.30. The van der Waals surface area contributed by atoms with Crippen LogP contribution in [0, 0.1) is 0 Å². The number of phosphoric acid groups is 1. The van der Waals surface area contributed by atoms with Gasteiger partial charge in [-0.15, -0.1) is 0 Å². The Kier molecular flexibility index (Phi) is 46.9. The molecule has 9 nitrogen and oxygen atoms in total. The highest BCUT2D eigenvalue weighted by Crippen LogP contribution is 2.38. The Bertz CT molecular complexity index is 1570. The highest BCUT2D eigenvalue weighted by Gasteiger charge is 2.27. The molecule has 0 spiro atoms. The van der Waals surface area contributed by atoms with Crippen LogP contribution in [0.25, 0.3) is 0 Å². The summed E-state index contributed by atoms with van der Waals surface area (Å²) in [4.78, 5) is 39.8. The summed E-state index contributed by atoms with van der Waals surface area (Å²) in [6, 6.07) is -0.922. The smallest absolute Gasteiger partial charge is 0.306 e. The fourth-order valence-corrected chi connectivity index (χ4v) is 8.03. The molecule has 0 aliphatic carbocycles. The second kappa shape index (κ2) is 49.3. The number of unbranched alkanes of at least 4 members (excludes halogenated alkanes) is 22. The molecule has 400 valence electrons. The van der Waals surface area contributed by atoms with Gasteiger partial charge in [0, 0.05) is 12.8 Å². The van der Waals surface area contributed by atoms with Crippen molar-refractivity contribution in [3.05, 3.63) is 109 Å². The van der Waals surface area contributed by atoms with E-state index in [1.807, 2.05) is 94.1 Å². The average molecular weight is 995 g/mol. The fourth-order valence-electron chi connectivity index (χ4n) is 7.31. The van der Waals surface area contributed by atoms with Gasteiger partial charge in [0.2, 0.25) is 5.91 Å². The van der Waals surface area contributed by atoms with Gasteiger partial charge in [0.25, 0.3) is 7.82 Å². The van der Waals surface area contributed by atoms with Gasteiger partial charge in [-0.05, 0) is 76.7 Å². The summed E-state index contributed by atoms with van der Waals surface area (Å²) in [7, 11) is 1.13. The van der Waals surface area contributed by atoms with Crippen molar-refractivity contribution in [2.24, 2.45) is 0 Å². The maximum absolute atomic E-state index is 13.5. The second-order valence-corrected chi connectivity index (χ2v) is 20.9. The maximum atomic E-state index is 13.5. The monoisotopic (exact) mass is 995 g/mol. The number of phosphoric ester groups is 1. The molecule has 3 unspecified atom stereocenters. The molecule has 1 N–H and O–H groups in total. The van der Waals surface area contributed by atoms with Crippen LogP contribution < -0.4 is 10.2 Å². The van der Waals surface area contributed by atoms with Gasteiger partial charge in [-0.2, -0.15) is 0 Å². The zero-order valence-corrected chi connectivity index (χ0v) is 46.3. The molecule has 0 bridgehead atoms. The molecule has 0 aromatic heterocycles. The third-order valence-electron chi connectivity index (χ3n) is 11.6. The number of ether oxygens (including phenoxy) is 1.